The maximum atomic E-state index is 13.1. The molecule has 2 heterocycles. The van der Waals surface area contributed by atoms with E-state index in [-0.39, 0.29) is 9.92 Å². The Hall–Kier alpha value is -2.02. The standard InChI is InChI=1S/C18H18ClN3O2S/c19-16-3-1-2-4-18(16)25(23,24)22-10-7-14-5-6-15(13-17(14)22)21-11-8-20-9-12-21/h1-7,10,13,20H,8-9,11-12H2. The van der Waals surface area contributed by atoms with Crippen LogP contribution in [0.2, 0.25) is 5.02 Å². The Morgan fingerprint density at radius 2 is 1.76 bits per heavy atom. The summed E-state index contributed by atoms with van der Waals surface area (Å²) in [6.07, 6.45) is 1.59. The lowest BCUT2D eigenvalue weighted by Gasteiger charge is -2.29. The third-order valence-corrected chi connectivity index (χ3v) is 6.69. The maximum Gasteiger partial charge on any atom is 0.269 e. The van der Waals surface area contributed by atoms with Crippen molar-refractivity contribution in [2.45, 2.75) is 4.90 Å². The van der Waals surface area contributed by atoms with E-state index < -0.39 is 10.0 Å². The highest BCUT2D eigenvalue weighted by molar-refractivity contribution is 7.90. The second-order valence-corrected chi connectivity index (χ2v) is 8.22. The summed E-state index contributed by atoms with van der Waals surface area (Å²) in [6, 6.07) is 14.3. The zero-order chi connectivity index (χ0) is 17.4. The lowest BCUT2D eigenvalue weighted by atomic mass is 10.2. The number of hydrogen-bond acceptors (Lipinski definition) is 4. The molecule has 1 aliphatic heterocycles. The van der Waals surface area contributed by atoms with Crippen molar-refractivity contribution in [3.63, 3.8) is 0 Å². The number of halogens is 1. The number of nitrogens with one attached hydrogen (secondary N) is 1. The van der Waals surface area contributed by atoms with Crippen LogP contribution in [-0.4, -0.2) is 38.6 Å². The number of anilines is 1. The van der Waals surface area contributed by atoms with Gasteiger partial charge in [0.05, 0.1) is 10.5 Å². The Labute approximate surface area is 151 Å². The van der Waals surface area contributed by atoms with Gasteiger partial charge in [-0.3, -0.25) is 0 Å². The smallest absolute Gasteiger partial charge is 0.269 e. The van der Waals surface area contributed by atoms with Crippen LogP contribution in [0.3, 0.4) is 0 Å². The molecule has 0 radical (unpaired) electrons. The fourth-order valence-electron chi connectivity index (χ4n) is 3.18. The van der Waals surface area contributed by atoms with Crippen LogP contribution in [0.1, 0.15) is 0 Å². The van der Waals surface area contributed by atoms with Crippen LogP contribution in [0.15, 0.2) is 59.6 Å². The van der Waals surface area contributed by atoms with Crippen molar-refractivity contribution < 1.29 is 8.42 Å². The van der Waals surface area contributed by atoms with Gasteiger partial charge in [0.15, 0.2) is 0 Å². The van der Waals surface area contributed by atoms with Crippen molar-refractivity contribution in [1.29, 1.82) is 0 Å². The van der Waals surface area contributed by atoms with Crippen LogP contribution < -0.4 is 10.2 Å². The van der Waals surface area contributed by atoms with Crippen LogP contribution in [0.4, 0.5) is 5.69 Å². The van der Waals surface area contributed by atoms with Gasteiger partial charge in [0.1, 0.15) is 4.90 Å². The van der Waals surface area contributed by atoms with Gasteiger partial charge in [0.2, 0.25) is 0 Å². The van der Waals surface area contributed by atoms with Gasteiger partial charge in [0, 0.05) is 43.4 Å². The van der Waals surface area contributed by atoms with Gasteiger partial charge in [-0.1, -0.05) is 29.8 Å². The van der Waals surface area contributed by atoms with Gasteiger partial charge in [-0.25, -0.2) is 12.4 Å². The zero-order valence-electron chi connectivity index (χ0n) is 13.5. The van der Waals surface area contributed by atoms with Crippen molar-refractivity contribution in [2.75, 3.05) is 31.1 Å². The van der Waals surface area contributed by atoms with E-state index in [9.17, 15) is 8.42 Å². The molecule has 1 aromatic heterocycles. The van der Waals surface area contributed by atoms with Crippen molar-refractivity contribution in [2.24, 2.45) is 0 Å². The summed E-state index contributed by atoms with van der Waals surface area (Å²) in [7, 11) is -3.75. The van der Waals surface area contributed by atoms with Gasteiger partial charge in [-0.15, -0.1) is 0 Å². The number of piperazine rings is 1. The molecule has 0 amide bonds. The Balaban J connectivity index is 1.83. The number of fused-ring (bicyclic) bond motifs is 1. The summed E-state index contributed by atoms with van der Waals surface area (Å²) in [6.45, 7) is 3.67. The van der Waals surface area contributed by atoms with Gasteiger partial charge < -0.3 is 10.2 Å². The molecular weight excluding hydrogens is 358 g/mol. The number of aromatic nitrogens is 1. The average Bonchev–Trinajstić information content (AvgIpc) is 3.06. The molecule has 0 saturated carbocycles. The summed E-state index contributed by atoms with van der Waals surface area (Å²) < 4.78 is 27.5. The van der Waals surface area contributed by atoms with E-state index in [1.807, 2.05) is 24.3 Å². The van der Waals surface area contributed by atoms with Gasteiger partial charge in [-0.2, -0.15) is 0 Å². The molecule has 2 aromatic carbocycles. The number of hydrogen-bond donors (Lipinski definition) is 1. The summed E-state index contributed by atoms with van der Waals surface area (Å²) in [5, 5.41) is 4.43. The molecule has 7 heteroatoms. The van der Waals surface area contributed by atoms with Gasteiger partial charge in [0.25, 0.3) is 10.0 Å². The first-order valence-corrected chi connectivity index (χ1v) is 9.96. The van der Waals surface area contributed by atoms with E-state index in [1.165, 1.54) is 10.0 Å². The molecule has 4 rings (SSSR count). The minimum absolute atomic E-state index is 0.113. The Kier molecular flexibility index (Phi) is 4.19. The highest BCUT2D eigenvalue weighted by Gasteiger charge is 2.22. The molecule has 3 aromatic rings. The largest absolute Gasteiger partial charge is 0.369 e. The molecule has 0 unspecified atom stereocenters. The fraction of sp³-hybridized carbons (Fsp3) is 0.222. The SMILES string of the molecule is O=S(=O)(c1ccccc1Cl)n1ccc2ccc(N3CCNCC3)cc21. The van der Waals surface area contributed by atoms with E-state index in [0.29, 0.717) is 5.52 Å². The van der Waals surface area contributed by atoms with Crippen LogP contribution in [0.5, 0.6) is 0 Å². The Bertz CT molecular complexity index is 1020. The molecule has 25 heavy (non-hydrogen) atoms. The summed E-state index contributed by atoms with van der Waals surface area (Å²) in [5.74, 6) is 0. The number of benzene rings is 2. The molecule has 5 nitrogen and oxygen atoms in total. The fourth-order valence-corrected chi connectivity index (χ4v) is 5.02. The summed E-state index contributed by atoms with van der Waals surface area (Å²) in [4.78, 5) is 2.37. The van der Waals surface area contributed by atoms with E-state index >= 15 is 0 Å². The molecule has 1 saturated heterocycles. The maximum absolute atomic E-state index is 13.1. The quantitative estimate of drug-likeness (QED) is 0.764. The van der Waals surface area contributed by atoms with E-state index in [4.69, 9.17) is 11.6 Å². The van der Waals surface area contributed by atoms with Crippen LogP contribution in [0, 0.1) is 0 Å². The highest BCUT2D eigenvalue weighted by atomic mass is 35.5. The molecule has 0 bridgehead atoms. The van der Waals surface area contributed by atoms with E-state index in [1.54, 1.807) is 24.4 Å². The zero-order valence-corrected chi connectivity index (χ0v) is 15.1. The molecule has 130 valence electrons. The second-order valence-electron chi connectivity index (χ2n) is 6.03. The normalized spacial score (nSPS) is 15.6. The lowest BCUT2D eigenvalue weighted by Crippen LogP contribution is -2.43. The first-order valence-electron chi connectivity index (χ1n) is 8.14. The Morgan fingerprint density at radius 3 is 2.52 bits per heavy atom. The third-order valence-electron chi connectivity index (χ3n) is 4.50. The van der Waals surface area contributed by atoms with Gasteiger partial charge in [-0.05, 0) is 30.3 Å². The van der Waals surface area contributed by atoms with Gasteiger partial charge >= 0.3 is 0 Å². The van der Waals surface area contributed by atoms with Crippen LogP contribution in [0.25, 0.3) is 10.9 Å². The monoisotopic (exact) mass is 375 g/mol. The lowest BCUT2D eigenvalue weighted by molar-refractivity contribution is 0.588. The molecule has 1 fully saturated rings. The molecule has 0 atom stereocenters. The minimum Gasteiger partial charge on any atom is -0.369 e. The Morgan fingerprint density at radius 1 is 1.00 bits per heavy atom. The topological polar surface area (TPSA) is 54.3 Å². The summed E-state index contributed by atoms with van der Waals surface area (Å²) in [5.41, 5.74) is 1.69. The number of rotatable bonds is 3. The second kappa shape index (κ2) is 6.37. The van der Waals surface area contributed by atoms with Crippen molar-refractivity contribution >= 4 is 38.2 Å². The average molecular weight is 376 g/mol. The predicted molar refractivity (Wildman–Crippen MR) is 101 cm³/mol. The molecule has 1 aliphatic rings. The first-order chi connectivity index (χ1) is 12.1. The highest BCUT2D eigenvalue weighted by Crippen LogP contribution is 2.29. The molecule has 0 aliphatic carbocycles. The van der Waals surface area contributed by atoms with Crippen molar-refractivity contribution in [3.8, 4) is 0 Å². The minimum atomic E-state index is -3.75. The molecule has 1 N–H and O–H groups in total. The predicted octanol–water partition coefficient (Wildman–Crippen LogP) is 2.94. The third kappa shape index (κ3) is 2.90. The van der Waals surface area contributed by atoms with Crippen LogP contribution in [-0.2, 0) is 10.0 Å². The van der Waals surface area contributed by atoms with Crippen molar-refractivity contribution in [3.05, 3.63) is 59.8 Å². The first kappa shape index (κ1) is 16.4. The van der Waals surface area contributed by atoms with Crippen LogP contribution >= 0.6 is 11.6 Å². The molecule has 0 spiro atoms. The van der Waals surface area contributed by atoms with E-state index in [0.717, 1.165) is 37.3 Å². The van der Waals surface area contributed by atoms with E-state index in [2.05, 4.69) is 10.2 Å². The number of nitrogens with zero attached hydrogens (tertiary/aromatic N) is 2. The van der Waals surface area contributed by atoms with Crippen molar-refractivity contribution in [1.82, 2.24) is 9.29 Å². The molecular formula is C18H18ClN3O2S. The summed E-state index contributed by atoms with van der Waals surface area (Å²) >= 11 is 6.12.